The molecule has 0 aromatic carbocycles. The van der Waals surface area contributed by atoms with Gasteiger partial charge in [-0.2, -0.15) is 0 Å². The van der Waals surface area contributed by atoms with Crippen LogP contribution in [0.5, 0.6) is 0 Å². The largest absolute Gasteiger partial charge is 0.466 e. The second-order valence-electron chi connectivity index (χ2n) is 2.78. The summed E-state index contributed by atoms with van der Waals surface area (Å²) in [6, 6.07) is -0.368. The lowest BCUT2D eigenvalue weighted by Crippen LogP contribution is -2.48. The fraction of sp³-hybridized carbons (Fsp3) is 0.571. The lowest BCUT2D eigenvalue weighted by Gasteiger charge is -2.28. The van der Waals surface area contributed by atoms with E-state index in [-0.39, 0.29) is 18.5 Å². The SMILES string of the molecule is N=C(N)N[C@@H]1CC=C(CN)O[C@@H]1O. The van der Waals surface area contributed by atoms with E-state index in [0.29, 0.717) is 12.2 Å². The van der Waals surface area contributed by atoms with Gasteiger partial charge in [-0.05, 0) is 12.5 Å². The van der Waals surface area contributed by atoms with Gasteiger partial charge in [-0.1, -0.05) is 0 Å². The lowest BCUT2D eigenvalue weighted by molar-refractivity contribution is -0.0934. The van der Waals surface area contributed by atoms with E-state index in [0.717, 1.165) is 0 Å². The molecule has 1 aliphatic rings. The van der Waals surface area contributed by atoms with E-state index < -0.39 is 6.29 Å². The van der Waals surface area contributed by atoms with Crippen molar-refractivity contribution in [3.05, 3.63) is 11.8 Å². The Hall–Kier alpha value is -1.27. The van der Waals surface area contributed by atoms with Gasteiger partial charge in [0.25, 0.3) is 0 Å². The number of aliphatic hydroxyl groups is 1. The molecule has 6 nitrogen and oxygen atoms in total. The summed E-state index contributed by atoms with van der Waals surface area (Å²) in [5.74, 6) is 0.381. The summed E-state index contributed by atoms with van der Waals surface area (Å²) in [6.07, 6.45) is 1.33. The summed E-state index contributed by atoms with van der Waals surface area (Å²) in [4.78, 5) is 0. The number of nitrogens with two attached hydrogens (primary N) is 2. The highest BCUT2D eigenvalue weighted by Gasteiger charge is 2.24. The Balaban J connectivity index is 2.52. The van der Waals surface area contributed by atoms with Crippen molar-refractivity contribution in [1.82, 2.24) is 5.32 Å². The average Bonchev–Trinajstić information content (AvgIpc) is 2.08. The molecule has 0 aromatic heterocycles. The van der Waals surface area contributed by atoms with Crippen molar-refractivity contribution in [3.63, 3.8) is 0 Å². The molecule has 1 rings (SSSR count). The summed E-state index contributed by atoms with van der Waals surface area (Å²) in [5, 5.41) is 18.9. The Labute approximate surface area is 76.1 Å². The van der Waals surface area contributed by atoms with Crippen molar-refractivity contribution in [3.8, 4) is 0 Å². The van der Waals surface area contributed by atoms with Crippen molar-refractivity contribution in [2.45, 2.75) is 18.8 Å². The molecule has 1 aliphatic heterocycles. The molecular weight excluding hydrogens is 172 g/mol. The number of nitrogens with one attached hydrogen (secondary N) is 2. The Bertz CT molecular complexity index is 229. The van der Waals surface area contributed by atoms with E-state index in [2.05, 4.69) is 5.32 Å². The fourth-order valence-electron chi connectivity index (χ4n) is 1.12. The normalized spacial score (nSPS) is 27.4. The first-order chi connectivity index (χ1) is 6.13. The summed E-state index contributed by atoms with van der Waals surface area (Å²) >= 11 is 0. The van der Waals surface area contributed by atoms with E-state index >= 15 is 0 Å². The Morgan fingerprint density at radius 3 is 3.00 bits per heavy atom. The minimum atomic E-state index is -0.993. The van der Waals surface area contributed by atoms with E-state index in [1.54, 1.807) is 6.08 Å². The van der Waals surface area contributed by atoms with Gasteiger partial charge in [0, 0.05) is 0 Å². The minimum absolute atomic E-state index is 0.183. The minimum Gasteiger partial charge on any atom is -0.466 e. The first kappa shape index (κ1) is 9.82. The van der Waals surface area contributed by atoms with Crippen molar-refractivity contribution < 1.29 is 9.84 Å². The molecule has 0 amide bonds. The number of aliphatic hydroxyl groups excluding tert-OH is 1. The maximum absolute atomic E-state index is 9.39. The molecule has 2 atom stereocenters. The second-order valence-corrected chi connectivity index (χ2v) is 2.78. The van der Waals surface area contributed by atoms with Gasteiger partial charge in [0.15, 0.2) is 5.96 Å². The zero-order valence-corrected chi connectivity index (χ0v) is 7.16. The third kappa shape index (κ3) is 2.60. The number of ether oxygens (including phenoxy) is 1. The van der Waals surface area contributed by atoms with E-state index in [1.807, 2.05) is 0 Å². The monoisotopic (exact) mass is 186 g/mol. The van der Waals surface area contributed by atoms with Crippen molar-refractivity contribution in [2.75, 3.05) is 6.54 Å². The molecule has 0 radical (unpaired) electrons. The summed E-state index contributed by atoms with van der Waals surface area (Å²) < 4.78 is 5.03. The molecule has 0 bridgehead atoms. The van der Waals surface area contributed by atoms with E-state index in [4.69, 9.17) is 21.6 Å². The van der Waals surface area contributed by atoms with Gasteiger partial charge in [-0.3, -0.25) is 5.41 Å². The molecule has 0 spiro atoms. The Morgan fingerprint density at radius 1 is 1.85 bits per heavy atom. The molecule has 0 unspecified atom stereocenters. The molecular formula is C7H14N4O2. The average molecular weight is 186 g/mol. The highest BCUT2D eigenvalue weighted by Crippen LogP contribution is 2.14. The topological polar surface area (TPSA) is 117 Å². The molecule has 0 aromatic rings. The third-order valence-corrected chi connectivity index (χ3v) is 1.76. The second kappa shape index (κ2) is 4.11. The summed E-state index contributed by atoms with van der Waals surface area (Å²) in [7, 11) is 0. The first-order valence-electron chi connectivity index (χ1n) is 3.98. The molecule has 0 aliphatic carbocycles. The Kier molecular flexibility index (Phi) is 3.10. The van der Waals surface area contributed by atoms with Crippen molar-refractivity contribution in [1.29, 1.82) is 5.41 Å². The molecule has 0 saturated heterocycles. The van der Waals surface area contributed by atoms with E-state index in [9.17, 15) is 5.11 Å². The predicted molar refractivity (Wildman–Crippen MR) is 47.7 cm³/mol. The lowest BCUT2D eigenvalue weighted by atomic mass is 10.1. The Morgan fingerprint density at radius 2 is 2.54 bits per heavy atom. The molecule has 0 fully saturated rings. The highest BCUT2D eigenvalue weighted by molar-refractivity contribution is 5.74. The van der Waals surface area contributed by atoms with Crippen LogP contribution in [-0.2, 0) is 4.74 Å². The van der Waals surface area contributed by atoms with Crippen LogP contribution in [0.1, 0.15) is 6.42 Å². The maximum atomic E-state index is 9.39. The quantitative estimate of drug-likeness (QED) is 0.263. The molecule has 6 heteroatoms. The van der Waals surface area contributed by atoms with Crippen LogP contribution in [0.3, 0.4) is 0 Å². The van der Waals surface area contributed by atoms with Crippen LogP contribution in [0, 0.1) is 5.41 Å². The number of guanidine groups is 1. The predicted octanol–water partition coefficient (Wildman–Crippen LogP) is -1.58. The summed E-state index contributed by atoms with van der Waals surface area (Å²) in [6.45, 7) is 0.268. The molecule has 74 valence electrons. The van der Waals surface area contributed by atoms with Crippen LogP contribution in [0.2, 0.25) is 0 Å². The van der Waals surface area contributed by atoms with Gasteiger partial charge in [-0.25, -0.2) is 0 Å². The van der Waals surface area contributed by atoms with Crippen LogP contribution in [0.15, 0.2) is 11.8 Å². The van der Waals surface area contributed by atoms with Gasteiger partial charge in [0.2, 0.25) is 6.29 Å². The standard InChI is InChI=1S/C7H14N4O2/c8-3-4-1-2-5(6(12)13-4)11-7(9)10/h1,5-6,12H,2-3,8H2,(H4,9,10,11)/t5-,6+/m1/s1. The van der Waals surface area contributed by atoms with Gasteiger partial charge in [0.05, 0.1) is 12.6 Å². The molecule has 0 saturated carbocycles. The summed E-state index contributed by atoms with van der Waals surface area (Å²) in [5.41, 5.74) is 10.4. The van der Waals surface area contributed by atoms with Gasteiger partial charge in [0.1, 0.15) is 5.76 Å². The van der Waals surface area contributed by atoms with Crippen molar-refractivity contribution in [2.24, 2.45) is 11.5 Å². The third-order valence-electron chi connectivity index (χ3n) is 1.76. The van der Waals surface area contributed by atoms with Crippen LogP contribution in [-0.4, -0.2) is 29.9 Å². The van der Waals surface area contributed by atoms with E-state index in [1.165, 1.54) is 0 Å². The smallest absolute Gasteiger partial charge is 0.217 e. The molecule has 7 N–H and O–H groups in total. The fourth-order valence-corrected chi connectivity index (χ4v) is 1.12. The number of hydrogen-bond donors (Lipinski definition) is 5. The maximum Gasteiger partial charge on any atom is 0.217 e. The molecule has 13 heavy (non-hydrogen) atoms. The van der Waals surface area contributed by atoms with Crippen LogP contribution >= 0.6 is 0 Å². The first-order valence-corrected chi connectivity index (χ1v) is 3.98. The highest BCUT2D eigenvalue weighted by atomic mass is 16.6. The van der Waals surface area contributed by atoms with Gasteiger partial charge in [-0.15, -0.1) is 0 Å². The van der Waals surface area contributed by atoms with Crippen molar-refractivity contribution >= 4 is 5.96 Å². The number of hydrogen-bond acceptors (Lipinski definition) is 4. The van der Waals surface area contributed by atoms with Crippen LogP contribution < -0.4 is 16.8 Å². The van der Waals surface area contributed by atoms with Gasteiger partial charge >= 0.3 is 0 Å². The zero-order valence-electron chi connectivity index (χ0n) is 7.16. The molecule has 1 heterocycles. The van der Waals surface area contributed by atoms with Crippen LogP contribution in [0.25, 0.3) is 0 Å². The number of rotatable bonds is 2. The van der Waals surface area contributed by atoms with Crippen LogP contribution in [0.4, 0.5) is 0 Å². The zero-order chi connectivity index (χ0) is 9.84. The van der Waals surface area contributed by atoms with Gasteiger partial charge < -0.3 is 26.6 Å².